The molecule has 0 radical (unpaired) electrons. The number of carbonyl (C=O) groups excluding carboxylic acids is 1. The predicted octanol–water partition coefficient (Wildman–Crippen LogP) is 4.33. The Morgan fingerprint density at radius 2 is 1.87 bits per heavy atom. The second kappa shape index (κ2) is 12.1. The number of carbonyl (C=O) groups is 1. The number of aromatic nitrogens is 1. The molecule has 0 aliphatic heterocycles. The van der Waals surface area contributed by atoms with Gasteiger partial charge in [0.1, 0.15) is 12.0 Å². The highest BCUT2D eigenvalue weighted by Crippen LogP contribution is 2.44. The molecular weight excluding hydrogens is 508 g/mol. The predicted molar refractivity (Wildman–Crippen MR) is 141 cm³/mol. The van der Waals surface area contributed by atoms with E-state index in [-0.39, 0.29) is 31.5 Å². The Balaban J connectivity index is 1.58. The lowest BCUT2D eigenvalue weighted by molar-refractivity contribution is 0.0517. The Labute approximate surface area is 223 Å². The number of sulfonamides is 1. The van der Waals surface area contributed by atoms with Crippen LogP contribution < -0.4 is 4.74 Å². The summed E-state index contributed by atoms with van der Waals surface area (Å²) >= 11 is 0. The molecule has 3 aromatic rings. The monoisotopic (exact) mass is 542 g/mol. The smallest absolute Gasteiger partial charge is 0.360 e. The number of rotatable bonds is 12. The van der Waals surface area contributed by atoms with E-state index < -0.39 is 21.4 Å². The number of oxazole rings is 1. The quantitative estimate of drug-likeness (QED) is 0.311. The van der Waals surface area contributed by atoms with E-state index in [1.54, 1.807) is 14.0 Å². The van der Waals surface area contributed by atoms with Gasteiger partial charge in [-0.15, -0.1) is 0 Å². The van der Waals surface area contributed by atoms with Crippen molar-refractivity contribution in [2.24, 2.45) is 0 Å². The van der Waals surface area contributed by atoms with Gasteiger partial charge in [-0.25, -0.2) is 18.2 Å². The Kier molecular flexibility index (Phi) is 8.86. The molecule has 1 heterocycles. The molecule has 0 saturated heterocycles. The molecule has 1 aliphatic carbocycles. The van der Waals surface area contributed by atoms with Crippen molar-refractivity contribution in [3.63, 3.8) is 0 Å². The van der Waals surface area contributed by atoms with Crippen molar-refractivity contribution in [1.82, 2.24) is 9.29 Å². The summed E-state index contributed by atoms with van der Waals surface area (Å²) in [5.41, 5.74) is 1.27. The fraction of sp³-hybridized carbons (Fsp3) is 0.429. The second-order valence-corrected chi connectivity index (χ2v) is 11.5. The molecule has 0 spiro atoms. The summed E-state index contributed by atoms with van der Waals surface area (Å²) in [6, 6.07) is 16.9. The molecule has 9 nitrogen and oxygen atoms in total. The van der Waals surface area contributed by atoms with Crippen molar-refractivity contribution in [2.45, 2.75) is 50.8 Å². The molecule has 4 rings (SSSR count). The van der Waals surface area contributed by atoms with Gasteiger partial charge < -0.3 is 18.6 Å². The molecule has 0 unspecified atom stereocenters. The van der Waals surface area contributed by atoms with Crippen molar-refractivity contribution in [2.75, 3.05) is 26.6 Å². The molecule has 38 heavy (non-hydrogen) atoms. The lowest BCUT2D eigenvalue weighted by atomic mass is 9.86. The first kappa shape index (κ1) is 27.8. The van der Waals surface area contributed by atoms with Crippen molar-refractivity contribution in [3.05, 3.63) is 83.6 Å². The molecule has 2 atom stereocenters. The fourth-order valence-corrected chi connectivity index (χ4v) is 6.02. The first-order valence-corrected chi connectivity index (χ1v) is 14.4. The maximum absolute atomic E-state index is 12.9. The molecule has 1 aliphatic rings. The molecular formula is C28H34N2O7S. The second-order valence-electron chi connectivity index (χ2n) is 9.57. The highest BCUT2D eigenvalue weighted by Gasteiger charge is 2.48. The number of hydrogen-bond donors (Lipinski definition) is 0. The minimum Gasteiger partial charge on any atom is -0.497 e. The van der Waals surface area contributed by atoms with Gasteiger partial charge in [0, 0.05) is 12.6 Å². The minimum atomic E-state index is -3.54. The van der Waals surface area contributed by atoms with Gasteiger partial charge in [0.2, 0.25) is 15.9 Å². The van der Waals surface area contributed by atoms with Gasteiger partial charge in [-0.05, 0) is 49.4 Å². The van der Waals surface area contributed by atoms with E-state index in [2.05, 4.69) is 4.98 Å². The average Bonchev–Trinajstić information content (AvgIpc) is 3.57. The number of nitrogens with zero attached hydrogens (tertiary/aromatic N) is 2. The summed E-state index contributed by atoms with van der Waals surface area (Å²) < 4.78 is 49.6. The number of benzene rings is 2. The van der Waals surface area contributed by atoms with Crippen LogP contribution in [0, 0.1) is 0 Å². The summed E-state index contributed by atoms with van der Waals surface area (Å²) in [5, 5.41) is 0. The molecule has 10 heteroatoms. The van der Waals surface area contributed by atoms with E-state index in [0.29, 0.717) is 37.5 Å². The number of esters is 1. The molecule has 0 N–H and O–H groups in total. The maximum atomic E-state index is 12.9. The fourth-order valence-electron chi connectivity index (χ4n) is 4.91. The average molecular weight is 543 g/mol. The summed E-state index contributed by atoms with van der Waals surface area (Å²) in [7, 11) is -1.95. The lowest BCUT2D eigenvalue weighted by Crippen LogP contribution is -2.40. The Bertz CT molecular complexity index is 1310. The first-order valence-electron chi connectivity index (χ1n) is 12.6. The Morgan fingerprint density at radius 1 is 1.13 bits per heavy atom. The molecule has 2 aromatic carbocycles. The highest BCUT2D eigenvalue weighted by atomic mass is 32.2. The van der Waals surface area contributed by atoms with E-state index in [1.165, 1.54) is 16.8 Å². The molecule has 204 valence electrons. The van der Waals surface area contributed by atoms with Crippen LogP contribution in [-0.4, -0.2) is 56.3 Å². The largest absolute Gasteiger partial charge is 0.497 e. The van der Waals surface area contributed by atoms with E-state index in [0.717, 1.165) is 11.1 Å². The van der Waals surface area contributed by atoms with Crippen molar-refractivity contribution < 1.29 is 31.8 Å². The number of ether oxygens (including phenoxy) is 3. The van der Waals surface area contributed by atoms with Crippen LogP contribution >= 0.6 is 0 Å². The van der Waals surface area contributed by atoms with Crippen LogP contribution in [0.2, 0.25) is 0 Å². The molecule has 1 aromatic heterocycles. The van der Waals surface area contributed by atoms with Crippen molar-refractivity contribution in [1.29, 1.82) is 0 Å². The highest BCUT2D eigenvalue weighted by molar-refractivity contribution is 7.88. The zero-order valence-corrected chi connectivity index (χ0v) is 22.8. The van der Waals surface area contributed by atoms with Crippen molar-refractivity contribution >= 4 is 16.0 Å². The van der Waals surface area contributed by atoms with Crippen LogP contribution in [0.15, 0.2) is 65.3 Å². The van der Waals surface area contributed by atoms with Gasteiger partial charge in [-0.3, -0.25) is 0 Å². The summed E-state index contributed by atoms with van der Waals surface area (Å²) in [6.45, 7) is 2.83. The minimum absolute atomic E-state index is 0.0888. The maximum Gasteiger partial charge on any atom is 0.360 e. The van der Waals surface area contributed by atoms with Crippen LogP contribution in [0.3, 0.4) is 0 Å². The van der Waals surface area contributed by atoms with Crippen LogP contribution in [0.1, 0.15) is 53.7 Å². The molecule has 1 saturated carbocycles. The van der Waals surface area contributed by atoms with Crippen LogP contribution in [0.4, 0.5) is 0 Å². The van der Waals surface area contributed by atoms with E-state index >= 15 is 0 Å². The van der Waals surface area contributed by atoms with Gasteiger partial charge in [0.25, 0.3) is 0 Å². The van der Waals surface area contributed by atoms with Gasteiger partial charge in [0.15, 0.2) is 5.69 Å². The third kappa shape index (κ3) is 6.61. The zero-order chi connectivity index (χ0) is 27.2. The lowest BCUT2D eigenvalue weighted by Gasteiger charge is -2.30. The van der Waals surface area contributed by atoms with E-state index in [4.69, 9.17) is 18.6 Å². The molecule has 0 bridgehead atoms. The van der Waals surface area contributed by atoms with Gasteiger partial charge in [0.05, 0.1) is 38.6 Å². The number of methoxy groups -OCH3 is 1. The van der Waals surface area contributed by atoms with Gasteiger partial charge in [-0.2, -0.15) is 4.31 Å². The SMILES string of the molecule is CCOC(=O)c1coc([C@@]2(COCc3ccccc3)CC[C@H](N(Cc3ccc(OC)cc3)S(C)(=O)=O)C2)n1. The topological polar surface area (TPSA) is 108 Å². The Hall–Kier alpha value is -3.21. The van der Waals surface area contributed by atoms with Crippen LogP contribution in [0.25, 0.3) is 0 Å². The summed E-state index contributed by atoms with van der Waals surface area (Å²) in [4.78, 5) is 16.7. The Morgan fingerprint density at radius 3 is 2.53 bits per heavy atom. The third-order valence-corrected chi connectivity index (χ3v) is 8.12. The normalized spacial score (nSPS) is 19.5. The van der Waals surface area contributed by atoms with Crippen LogP contribution in [0.5, 0.6) is 5.75 Å². The third-order valence-electron chi connectivity index (χ3n) is 6.85. The molecule has 1 fully saturated rings. The summed E-state index contributed by atoms with van der Waals surface area (Å²) in [5.74, 6) is 0.500. The first-order chi connectivity index (χ1) is 18.2. The standard InChI is InChI=1S/C28H34N2O7S/c1-4-36-26(31)25-19-37-27(29-25)28(20-35-18-22-8-6-5-7-9-22)15-14-23(16-28)30(38(3,32)33)17-21-10-12-24(34-2)13-11-21/h5-13,19,23H,4,14-18,20H2,1-3H3/t23-,28-/m0/s1. The van der Waals surface area contributed by atoms with Crippen LogP contribution in [-0.2, 0) is 38.1 Å². The summed E-state index contributed by atoms with van der Waals surface area (Å²) in [6.07, 6.45) is 4.14. The van der Waals surface area contributed by atoms with E-state index in [1.807, 2.05) is 54.6 Å². The number of hydrogen-bond acceptors (Lipinski definition) is 8. The van der Waals surface area contributed by atoms with Gasteiger partial charge in [-0.1, -0.05) is 42.5 Å². The van der Waals surface area contributed by atoms with Gasteiger partial charge >= 0.3 is 5.97 Å². The van der Waals surface area contributed by atoms with E-state index in [9.17, 15) is 13.2 Å². The molecule has 0 amide bonds. The zero-order valence-electron chi connectivity index (χ0n) is 22.0. The van der Waals surface area contributed by atoms with Crippen molar-refractivity contribution in [3.8, 4) is 5.75 Å².